The molecular weight excluding hydrogens is 274 g/mol. The van der Waals surface area contributed by atoms with Crippen LogP contribution in [0.5, 0.6) is 0 Å². The third-order valence-corrected chi connectivity index (χ3v) is 3.98. The Bertz CT molecular complexity index is 627. The highest BCUT2D eigenvalue weighted by Crippen LogP contribution is 2.37. The van der Waals surface area contributed by atoms with Gasteiger partial charge < -0.3 is 0 Å². The van der Waals surface area contributed by atoms with Crippen LogP contribution in [0, 0.1) is 5.92 Å². The van der Waals surface area contributed by atoms with Gasteiger partial charge in [0.25, 0.3) is 0 Å². The second kappa shape index (κ2) is 5.39. The summed E-state index contributed by atoms with van der Waals surface area (Å²) in [5.74, 6) is -3.04. The Kier molecular flexibility index (Phi) is 3.57. The lowest BCUT2D eigenvalue weighted by molar-refractivity contribution is -0.0424. The van der Waals surface area contributed by atoms with Gasteiger partial charge in [0.2, 0.25) is 5.92 Å². The van der Waals surface area contributed by atoms with Crippen LogP contribution in [0.2, 0.25) is 0 Å². The summed E-state index contributed by atoms with van der Waals surface area (Å²) >= 11 is 0. The smallest absolute Gasteiger partial charge is 0.248 e. The first-order valence-electron chi connectivity index (χ1n) is 7.08. The molecule has 1 saturated carbocycles. The van der Waals surface area contributed by atoms with E-state index in [4.69, 9.17) is 0 Å². The summed E-state index contributed by atoms with van der Waals surface area (Å²) < 4.78 is 28.0. The predicted molar refractivity (Wildman–Crippen MR) is 74.8 cm³/mol. The number of alkyl halides is 2. The van der Waals surface area contributed by atoms with Crippen LogP contribution >= 0.6 is 0 Å². The molecule has 1 fully saturated rings. The number of nitrogens with zero attached hydrogens (tertiary/aromatic N) is 2. The van der Waals surface area contributed by atoms with E-state index >= 15 is 0 Å². The molecule has 0 saturated heterocycles. The third-order valence-electron chi connectivity index (χ3n) is 3.98. The zero-order valence-electron chi connectivity index (χ0n) is 11.5. The van der Waals surface area contributed by atoms with Crippen molar-refractivity contribution in [3.05, 3.63) is 48.3 Å². The highest BCUT2D eigenvalue weighted by molar-refractivity contribution is 5.96. The van der Waals surface area contributed by atoms with Gasteiger partial charge in [0.05, 0.1) is 11.9 Å². The average Bonchev–Trinajstić information content (AvgIpc) is 2.97. The van der Waals surface area contributed by atoms with Crippen molar-refractivity contribution in [3.8, 4) is 5.69 Å². The number of rotatable bonds is 3. The van der Waals surface area contributed by atoms with Crippen molar-refractivity contribution in [2.45, 2.75) is 31.6 Å². The molecule has 0 radical (unpaired) electrons. The Morgan fingerprint density at radius 2 is 1.81 bits per heavy atom. The number of hydrogen-bond acceptors (Lipinski definition) is 2. The van der Waals surface area contributed by atoms with Gasteiger partial charge in [-0.1, -0.05) is 18.2 Å². The molecule has 0 bridgehead atoms. The number of aromatic nitrogens is 2. The van der Waals surface area contributed by atoms with E-state index < -0.39 is 5.92 Å². The highest BCUT2D eigenvalue weighted by atomic mass is 19.3. The average molecular weight is 290 g/mol. The normalized spacial score (nSPS) is 18.6. The van der Waals surface area contributed by atoms with E-state index in [1.807, 2.05) is 30.3 Å². The summed E-state index contributed by atoms with van der Waals surface area (Å²) in [6, 6.07) is 11.0. The van der Waals surface area contributed by atoms with E-state index in [2.05, 4.69) is 5.10 Å². The fourth-order valence-corrected chi connectivity index (χ4v) is 2.78. The second-order valence-electron chi connectivity index (χ2n) is 5.46. The monoisotopic (exact) mass is 290 g/mol. The van der Waals surface area contributed by atoms with Crippen molar-refractivity contribution in [3.63, 3.8) is 0 Å². The minimum Gasteiger partial charge on any atom is -0.292 e. The molecule has 0 atom stereocenters. The molecule has 5 heteroatoms. The predicted octanol–water partition coefficient (Wildman–Crippen LogP) is 3.88. The molecule has 1 aliphatic carbocycles. The van der Waals surface area contributed by atoms with Gasteiger partial charge in [0.15, 0.2) is 5.78 Å². The molecule has 0 N–H and O–H groups in total. The van der Waals surface area contributed by atoms with Crippen molar-refractivity contribution in [2.24, 2.45) is 5.92 Å². The lowest BCUT2D eigenvalue weighted by atomic mass is 9.83. The molecule has 110 valence electrons. The Morgan fingerprint density at radius 3 is 2.48 bits per heavy atom. The number of benzene rings is 1. The van der Waals surface area contributed by atoms with Crippen LogP contribution in [-0.4, -0.2) is 21.5 Å². The number of hydrogen-bond donors (Lipinski definition) is 0. The molecule has 3 nitrogen and oxygen atoms in total. The van der Waals surface area contributed by atoms with E-state index in [9.17, 15) is 13.6 Å². The minimum absolute atomic E-state index is 0.0909. The van der Waals surface area contributed by atoms with Gasteiger partial charge in [0, 0.05) is 18.8 Å². The van der Waals surface area contributed by atoms with Crippen molar-refractivity contribution in [1.82, 2.24) is 9.78 Å². The molecule has 0 unspecified atom stereocenters. The van der Waals surface area contributed by atoms with Crippen molar-refractivity contribution in [1.29, 1.82) is 0 Å². The molecule has 21 heavy (non-hydrogen) atoms. The largest absolute Gasteiger partial charge is 0.292 e. The summed E-state index contributed by atoms with van der Waals surface area (Å²) in [6.07, 6.45) is 1.64. The molecule has 2 aromatic rings. The SMILES string of the molecule is O=C(c1ccnn1-c1ccccc1)C1CCC(F)(F)CC1. The summed E-state index contributed by atoms with van der Waals surface area (Å²) in [6.45, 7) is 0. The Balaban J connectivity index is 1.82. The van der Waals surface area contributed by atoms with Gasteiger partial charge in [-0.15, -0.1) is 0 Å². The molecule has 1 heterocycles. The Hall–Kier alpha value is -2.04. The third kappa shape index (κ3) is 2.86. The van der Waals surface area contributed by atoms with E-state index in [0.29, 0.717) is 5.69 Å². The first-order valence-corrected chi connectivity index (χ1v) is 7.08. The van der Waals surface area contributed by atoms with E-state index in [1.165, 1.54) is 0 Å². The standard InChI is InChI=1S/C16H16F2N2O/c17-16(18)9-6-12(7-10-16)15(21)14-8-11-19-20(14)13-4-2-1-3-5-13/h1-5,8,11-12H,6-7,9-10H2. The molecule has 0 amide bonds. The van der Waals surface area contributed by atoms with E-state index in [-0.39, 0.29) is 37.4 Å². The number of Topliss-reactive ketones (excluding diaryl/α,β-unsaturated/α-hetero) is 1. The summed E-state index contributed by atoms with van der Waals surface area (Å²) in [4.78, 5) is 12.6. The lowest BCUT2D eigenvalue weighted by Gasteiger charge is -2.27. The lowest BCUT2D eigenvalue weighted by Crippen LogP contribution is -2.29. The molecule has 3 rings (SSSR count). The van der Waals surface area contributed by atoms with E-state index in [0.717, 1.165) is 5.69 Å². The Morgan fingerprint density at radius 1 is 1.14 bits per heavy atom. The summed E-state index contributed by atoms with van der Waals surface area (Å²) in [5.41, 5.74) is 1.27. The number of ketones is 1. The first-order chi connectivity index (χ1) is 10.1. The maximum Gasteiger partial charge on any atom is 0.248 e. The first kappa shape index (κ1) is 13.9. The molecule has 0 aliphatic heterocycles. The van der Waals surface area contributed by atoms with Crippen LogP contribution in [-0.2, 0) is 0 Å². The molecular formula is C16H16F2N2O. The maximum absolute atomic E-state index is 13.2. The van der Waals surface area contributed by atoms with Gasteiger partial charge in [-0.3, -0.25) is 4.79 Å². The fourth-order valence-electron chi connectivity index (χ4n) is 2.78. The molecule has 1 aromatic heterocycles. The second-order valence-corrected chi connectivity index (χ2v) is 5.46. The minimum atomic E-state index is -2.61. The number of carbonyl (C=O) groups excluding carboxylic acids is 1. The van der Waals surface area contributed by atoms with Crippen LogP contribution in [0.25, 0.3) is 5.69 Å². The van der Waals surface area contributed by atoms with Gasteiger partial charge in [0.1, 0.15) is 5.69 Å². The number of carbonyl (C=O) groups is 1. The summed E-state index contributed by atoms with van der Waals surface area (Å²) in [7, 11) is 0. The quantitative estimate of drug-likeness (QED) is 0.804. The van der Waals surface area contributed by atoms with Gasteiger partial charge in [-0.2, -0.15) is 5.10 Å². The molecule has 1 aromatic carbocycles. The summed E-state index contributed by atoms with van der Waals surface area (Å²) in [5, 5.41) is 4.18. The molecule has 0 spiro atoms. The van der Waals surface area contributed by atoms with Crippen LogP contribution in [0.4, 0.5) is 8.78 Å². The van der Waals surface area contributed by atoms with Gasteiger partial charge in [-0.05, 0) is 31.0 Å². The fraction of sp³-hybridized carbons (Fsp3) is 0.375. The topological polar surface area (TPSA) is 34.9 Å². The zero-order chi connectivity index (χ0) is 14.9. The molecule has 1 aliphatic rings. The zero-order valence-corrected chi connectivity index (χ0v) is 11.5. The van der Waals surface area contributed by atoms with Crippen LogP contribution in [0.15, 0.2) is 42.6 Å². The van der Waals surface area contributed by atoms with E-state index in [1.54, 1.807) is 16.9 Å². The van der Waals surface area contributed by atoms with Crippen molar-refractivity contribution in [2.75, 3.05) is 0 Å². The number of halogens is 2. The van der Waals surface area contributed by atoms with Crippen LogP contribution < -0.4 is 0 Å². The van der Waals surface area contributed by atoms with Crippen molar-refractivity contribution >= 4 is 5.78 Å². The van der Waals surface area contributed by atoms with Crippen LogP contribution in [0.1, 0.15) is 36.2 Å². The highest BCUT2D eigenvalue weighted by Gasteiger charge is 2.38. The van der Waals surface area contributed by atoms with Crippen LogP contribution in [0.3, 0.4) is 0 Å². The van der Waals surface area contributed by atoms with Gasteiger partial charge in [-0.25, -0.2) is 13.5 Å². The Labute approximate surface area is 121 Å². The van der Waals surface area contributed by atoms with Gasteiger partial charge >= 0.3 is 0 Å². The number of para-hydroxylation sites is 1. The maximum atomic E-state index is 13.2. The van der Waals surface area contributed by atoms with Crippen molar-refractivity contribution < 1.29 is 13.6 Å².